The van der Waals surface area contributed by atoms with Crippen molar-refractivity contribution < 1.29 is 0 Å². The Morgan fingerprint density at radius 1 is 0.960 bits per heavy atom. The Morgan fingerprint density at radius 3 is 2.84 bits per heavy atom. The van der Waals surface area contributed by atoms with Crippen molar-refractivity contribution in [2.45, 2.75) is 6.54 Å². The summed E-state index contributed by atoms with van der Waals surface area (Å²) in [5.74, 6) is 0. The summed E-state index contributed by atoms with van der Waals surface area (Å²) in [6.45, 7) is 0.756. The van der Waals surface area contributed by atoms with Gasteiger partial charge in [-0.15, -0.1) is 0 Å². The van der Waals surface area contributed by atoms with Gasteiger partial charge in [0, 0.05) is 29.5 Å². The first-order valence-corrected chi connectivity index (χ1v) is 8.29. The van der Waals surface area contributed by atoms with Gasteiger partial charge in [-0.3, -0.25) is 4.68 Å². The predicted molar refractivity (Wildman–Crippen MR) is 100 cm³/mol. The van der Waals surface area contributed by atoms with Crippen LogP contribution >= 0.6 is 0 Å². The number of pyridine rings is 1. The maximum Gasteiger partial charge on any atom is 0.137 e. The number of benzene rings is 2. The molecule has 1 N–H and O–H groups in total. The van der Waals surface area contributed by atoms with E-state index in [1.54, 1.807) is 0 Å². The average Bonchev–Trinajstić information content (AvgIpc) is 3.30. The lowest BCUT2D eigenvalue weighted by Gasteiger charge is -2.04. The van der Waals surface area contributed by atoms with Gasteiger partial charge in [-0.2, -0.15) is 5.10 Å². The minimum atomic E-state index is 0.756. The Hall–Kier alpha value is -3.40. The van der Waals surface area contributed by atoms with Crippen LogP contribution in [0, 0.1) is 0 Å². The van der Waals surface area contributed by atoms with Crippen LogP contribution in [-0.4, -0.2) is 19.7 Å². The number of rotatable bonds is 3. The number of hydrogen-bond donors (Lipinski definition) is 1. The fourth-order valence-corrected chi connectivity index (χ4v) is 3.33. The summed E-state index contributed by atoms with van der Waals surface area (Å²) >= 11 is 0. The average molecular weight is 324 g/mol. The monoisotopic (exact) mass is 324 g/mol. The molecular weight excluding hydrogens is 308 g/mol. The molecule has 3 heterocycles. The standard InChI is InChI=1S/C21H16N4/c1-2-4-17-11-15(5-6-16(17)3-1)13-25-14-18(12-24-25)19-7-9-22-21-20(19)8-10-23-21/h1-12,14H,13H2,(H,22,23). The Morgan fingerprint density at radius 2 is 1.88 bits per heavy atom. The highest BCUT2D eigenvalue weighted by molar-refractivity contribution is 5.92. The smallest absolute Gasteiger partial charge is 0.137 e. The molecule has 0 amide bonds. The molecule has 5 rings (SSSR count). The molecule has 0 spiro atoms. The van der Waals surface area contributed by atoms with Gasteiger partial charge < -0.3 is 4.98 Å². The van der Waals surface area contributed by atoms with E-state index in [-0.39, 0.29) is 0 Å². The fourth-order valence-electron chi connectivity index (χ4n) is 3.33. The van der Waals surface area contributed by atoms with Crippen LogP contribution in [0.25, 0.3) is 32.9 Å². The summed E-state index contributed by atoms with van der Waals surface area (Å²) in [7, 11) is 0. The van der Waals surface area contributed by atoms with E-state index in [1.807, 2.05) is 29.3 Å². The van der Waals surface area contributed by atoms with E-state index in [9.17, 15) is 0 Å². The zero-order chi connectivity index (χ0) is 16.6. The van der Waals surface area contributed by atoms with Crippen molar-refractivity contribution in [2.24, 2.45) is 0 Å². The third-order valence-corrected chi connectivity index (χ3v) is 4.56. The topological polar surface area (TPSA) is 46.5 Å². The van der Waals surface area contributed by atoms with Gasteiger partial charge in [0.25, 0.3) is 0 Å². The highest BCUT2D eigenvalue weighted by Crippen LogP contribution is 2.26. The van der Waals surface area contributed by atoms with Crippen molar-refractivity contribution in [1.29, 1.82) is 0 Å². The molecule has 5 aromatic rings. The minimum Gasteiger partial charge on any atom is -0.346 e. The third kappa shape index (κ3) is 2.48. The van der Waals surface area contributed by atoms with E-state index in [0.29, 0.717) is 0 Å². The van der Waals surface area contributed by atoms with Gasteiger partial charge >= 0.3 is 0 Å². The van der Waals surface area contributed by atoms with Gasteiger partial charge in [0.2, 0.25) is 0 Å². The SMILES string of the molecule is c1ccc2cc(Cn3cc(-c4ccnc5[nH]ccc45)cn3)ccc2c1. The quantitative estimate of drug-likeness (QED) is 0.526. The summed E-state index contributed by atoms with van der Waals surface area (Å²) < 4.78 is 1.98. The van der Waals surface area contributed by atoms with Crippen LogP contribution in [0.15, 0.2) is 79.4 Å². The third-order valence-electron chi connectivity index (χ3n) is 4.56. The molecule has 0 saturated heterocycles. The van der Waals surface area contributed by atoms with Crippen LogP contribution in [0.1, 0.15) is 5.56 Å². The second-order valence-corrected chi connectivity index (χ2v) is 6.21. The summed E-state index contributed by atoms with van der Waals surface area (Å²) in [4.78, 5) is 7.50. The Labute approximate surface area is 144 Å². The normalized spacial score (nSPS) is 11.4. The van der Waals surface area contributed by atoms with Gasteiger partial charge in [0.1, 0.15) is 5.65 Å². The molecule has 0 saturated carbocycles. The second kappa shape index (κ2) is 5.60. The molecule has 0 radical (unpaired) electrons. The second-order valence-electron chi connectivity index (χ2n) is 6.21. The van der Waals surface area contributed by atoms with E-state index in [1.165, 1.54) is 16.3 Å². The maximum absolute atomic E-state index is 4.55. The Kier molecular flexibility index (Phi) is 3.13. The van der Waals surface area contributed by atoms with Crippen LogP contribution < -0.4 is 0 Å². The fraction of sp³-hybridized carbons (Fsp3) is 0.0476. The first-order chi connectivity index (χ1) is 12.4. The van der Waals surface area contributed by atoms with Crippen molar-refractivity contribution in [2.75, 3.05) is 0 Å². The van der Waals surface area contributed by atoms with E-state index in [0.717, 1.165) is 28.7 Å². The largest absolute Gasteiger partial charge is 0.346 e. The minimum absolute atomic E-state index is 0.756. The zero-order valence-electron chi connectivity index (χ0n) is 13.6. The molecule has 0 aliphatic rings. The molecule has 4 nitrogen and oxygen atoms in total. The molecule has 120 valence electrons. The van der Waals surface area contributed by atoms with Crippen molar-refractivity contribution >= 4 is 21.8 Å². The highest BCUT2D eigenvalue weighted by atomic mass is 15.3. The lowest BCUT2D eigenvalue weighted by molar-refractivity contribution is 0.687. The van der Waals surface area contributed by atoms with Crippen molar-refractivity contribution in [1.82, 2.24) is 19.7 Å². The molecule has 0 aliphatic carbocycles. The predicted octanol–water partition coefficient (Wildman–Crippen LogP) is 4.63. The molecule has 0 fully saturated rings. The number of nitrogens with one attached hydrogen (secondary N) is 1. The number of hydrogen-bond acceptors (Lipinski definition) is 2. The van der Waals surface area contributed by atoms with Crippen molar-refractivity contribution in [3.05, 3.63) is 84.9 Å². The summed E-state index contributed by atoms with van der Waals surface area (Å²) in [5.41, 5.74) is 4.40. The molecule has 2 aromatic carbocycles. The van der Waals surface area contributed by atoms with Crippen LogP contribution in [0.5, 0.6) is 0 Å². The molecule has 0 unspecified atom stereocenters. The molecular formula is C21H16N4. The van der Waals surface area contributed by atoms with Crippen molar-refractivity contribution in [3.63, 3.8) is 0 Å². The first kappa shape index (κ1) is 14.0. The highest BCUT2D eigenvalue weighted by Gasteiger charge is 2.08. The van der Waals surface area contributed by atoms with Crippen LogP contribution in [0.3, 0.4) is 0 Å². The summed E-state index contributed by atoms with van der Waals surface area (Å²) in [6, 6.07) is 19.1. The number of fused-ring (bicyclic) bond motifs is 2. The zero-order valence-corrected chi connectivity index (χ0v) is 13.6. The van der Waals surface area contributed by atoms with Gasteiger partial charge in [-0.25, -0.2) is 4.98 Å². The van der Waals surface area contributed by atoms with E-state index in [4.69, 9.17) is 0 Å². The first-order valence-electron chi connectivity index (χ1n) is 8.29. The van der Waals surface area contributed by atoms with Crippen LogP contribution in [0.4, 0.5) is 0 Å². The number of aromatic amines is 1. The van der Waals surface area contributed by atoms with Gasteiger partial charge in [0.05, 0.1) is 12.7 Å². The Balaban J connectivity index is 1.48. The lowest BCUT2D eigenvalue weighted by Crippen LogP contribution is -1.99. The maximum atomic E-state index is 4.55. The number of aromatic nitrogens is 4. The van der Waals surface area contributed by atoms with Crippen LogP contribution in [-0.2, 0) is 6.54 Å². The molecule has 0 atom stereocenters. The lowest BCUT2D eigenvalue weighted by atomic mass is 10.1. The molecule has 3 aromatic heterocycles. The number of H-pyrrole nitrogens is 1. The summed E-state index contributed by atoms with van der Waals surface area (Å²) in [6.07, 6.45) is 7.76. The van der Waals surface area contributed by atoms with Gasteiger partial charge in [0.15, 0.2) is 0 Å². The molecule has 4 heteroatoms. The Bertz CT molecular complexity index is 1180. The van der Waals surface area contributed by atoms with Crippen LogP contribution in [0.2, 0.25) is 0 Å². The molecule has 0 aliphatic heterocycles. The van der Waals surface area contributed by atoms with E-state index >= 15 is 0 Å². The van der Waals surface area contributed by atoms with Gasteiger partial charge in [-0.1, -0.05) is 36.4 Å². The van der Waals surface area contributed by atoms with Gasteiger partial charge in [-0.05, 0) is 40.1 Å². The summed E-state index contributed by atoms with van der Waals surface area (Å²) in [5, 5.41) is 8.19. The van der Waals surface area contributed by atoms with E-state index in [2.05, 4.69) is 69.8 Å². The molecule has 0 bridgehead atoms. The van der Waals surface area contributed by atoms with Crippen molar-refractivity contribution in [3.8, 4) is 11.1 Å². The number of nitrogens with zero attached hydrogens (tertiary/aromatic N) is 3. The van der Waals surface area contributed by atoms with E-state index < -0.39 is 0 Å². The molecule has 25 heavy (non-hydrogen) atoms.